The zero-order chi connectivity index (χ0) is 18.0. The zero-order valence-electron chi connectivity index (χ0n) is 14.4. The van der Waals surface area contributed by atoms with Gasteiger partial charge in [0.15, 0.2) is 5.13 Å². The Hall–Kier alpha value is -1.77. The molecule has 0 atom stereocenters. The van der Waals surface area contributed by atoms with Crippen molar-refractivity contribution in [2.75, 3.05) is 32.1 Å². The van der Waals surface area contributed by atoms with Crippen LogP contribution in [0.5, 0.6) is 0 Å². The van der Waals surface area contributed by atoms with E-state index in [0.29, 0.717) is 23.9 Å². The lowest BCUT2D eigenvalue weighted by Crippen LogP contribution is -2.37. The Bertz CT molecular complexity index is 888. The Morgan fingerprint density at radius 1 is 1.28 bits per heavy atom. The quantitative estimate of drug-likeness (QED) is 0.611. The van der Waals surface area contributed by atoms with Crippen molar-refractivity contribution in [3.05, 3.63) is 40.6 Å². The second-order valence-electron chi connectivity index (χ2n) is 5.90. The first-order valence-electron chi connectivity index (χ1n) is 8.04. The molecule has 0 bridgehead atoms. The van der Waals surface area contributed by atoms with Gasteiger partial charge in [0.25, 0.3) is 5.91 Å². The summed E-state index contributed by atoms with van der Waals surface area (Å²) in [6.45, 7) is 3.96. The first-order chi connectivity index (χ1) is 12.0. The maximum absolute atomic E-state index is 13.1. The molecule has 2 heterocycles. The number of carbonyl (C=O) groups excluding carboxylic acids is 1. The van der Waals surface area contributed by atoms with Crippen molar-refractivity contribution in [2.24, 2.45) is 0 Å². The number of benzene rings is 1. The van der Waals surface area contributed by atoms with Crippen LogP contribution in [0.15, 0.2) is 34.9 Å². The van der Waals surface area contributed by atoms with Crippen LogP contribution in [0.4, 0.5) is 5.13 Å². The molecule has 2 aromatic heterocycles. The third kappa shape index (κ3) is 3.91. The van der Waals surface area contributed by atoms with Gasteiger partial charge in [0.05, 0.1) is 10.2 Å². The molecule has 0 aliphatic heterocycles. The molecule has 1 amide bonds. The number of aromatic nitrogens is 3. The number of likely N-dealkylation sites (N-methyl/N-ethyl adjacent to an activating group) is 1. The minimum atomic E-state index is -0.0701. The summed E-state index contributed by atoms with van der Waals surface area (Å²) < 4.78 is 3.77. The summed E-state index contributed by atoms with van der Waals surface area (Å²) in [6, 6.07) is 7.72. The molecular weight excluding hydrogens is 402 g/mol. The van der Waals surface area contributed by atoms with Crippen LogP contribution >= 0.6 is 27.3 Å². The molecule has 0 saturated heterocycles. The third-order valence-corrected chi connectivity index (χ3v) is 5.36. The largest absolute Gasteiger partial charge is 0.308 e. The molecule has 0 saturated carbocycles. The van der Waals surface area contributed by atoms with Gasteiger partial charge in [0.2, 0.25) is 0 Å². The van der Waals surface area contributed by atoms with Crippen LogP contribution < -0.4 is 4.90 Å². The number of rotatable bonds is 6. The number of fused-ring (bicyclic) bond motifs is 1. The normalized spacial score (nSPS) is 11.4. The van der Waals surface area contributed by atoms with Crippen molar-refractivity contribution in [1.82, 2.24) is 19.7 Å². The predicted octanol–water partition coefficient (Wildman–Crippen LogP) is 3.48. The summed E-state index contributed by atoms with van der Waals surface area (Å²) in [5.74, 6) is -0.0701. The van der Waals surface area contributed by atoms with Gasteiger partial charge in [-0.3, -0.25) is 14.4 Å². The molecule has 0 N–H and O–H groups in total. The van der Waals surface area contributed by atoms with E-state index in [-0.39, 0.29) is 5.91 Å². The van der Waals surface area contributed by atoms with Crippen molar-refractivity contribution in [2.45, 2.75) is 13.5 Å². The number of aryl methyl sites for hydroxylation is 1. The number of amides is 1. The van der Waals surface area contributed by atoms with Crippen molar-refractivity contribution in [3.8, 4) is 0 Å². The van der Waals surface area contributed by atoms with E-state index in [2.05, 4.69) is 30.9 Å². The van der Waals surface area contributed by atoms with E-state index in [1.54, 1.807) is 21.8 Å². The van der Waals surface area contributed by atoms with Crippen LogP contribution in [0, 0.1) is 0 Å². The van der Waals surface area contributed by atoms with Crippen LogP contribution in [0.2, 0.25) is 0 Å². The SMILES string of the molecule is CCn1nccc1C(=O)N(CCN(C)C)c1nc2ccc(Br)cc2s1. The summed E-state index contributed by atoms with van der Waals surface area (Å²) in [4.78, 5) is 21.6. The van der Waals surface area contributed by atoms with Gasteiger partial charge in [-0.1, -0.05) is 27.3 Å². The van der Waals surface area contributed by atoms with Crippen LogP contribution in [0.1, 0.15) is 17.4 Å². The van der Waals surface area contributed by atoms with E-state index in [0.717, 1.165) is 21.2 Å². The van der Waals surface area contributed by atoms with Crippen LogP contribution in [-0.2, 0) is 6.54 Å². The fraction of sp³-hybridized carbons (Fsp3) is 0.353. The topological polar surface area (TPSA) is 54.3 Å². The Morgan fingerprint density at radius 2 is 2.08 bits per heavy atom. The first-order valence-corrected chi connectivity index (χ1v) is 9.65. The number of halogens is 1. The molecule has 132 valence electrons. The second kappa shape index (κ2) is 7.63. The molecule has 25 heavy (non-hydrogen) atoms. The van der Waals surface area contributed by atoms with Gasteiger partial charge in [0, 0.05) is 30.3 Å². The summed E-state index contributed by atoms with van der Waals surface area (Å²) in [6.07, 6.45) is 1.66. The summed E-state index contributed by atoms with van der Waals surface area (Å²) in [7, 11) is 3.99. The smallest absolute Gasteiger partial charge is 0.278 e. The monoisotopic (exact) mass is 421 g/mol. The molecule has 0 unspecified atom stereocenters. The van der Waals surface area contributed by atoms with Crippen molar-refractivity contribution >= 4 is 48.5 Å². The van der Waals surface area contributed by atoms with E-state index >= 15 is 0 Å². The van der Waals surface area contributed by atoms with Crippen molar-refractivity contribution < 1.29 is 4.79 Å². The molecular formula is C17H20BrN5OS. The van der Waals surface area contributed by atoms with Gasteiger partial charge in [-0.05, 0) is 45.3 Å². The van der Waals surface area contributed by atoms with Gasteiger partial charge < -0.3 is 4.90 Å². The summed E-state index contributed by atoms with van der Waals surface area (Å²) in [5, 5.41) is 4.93. The van der Waals surface area contributed by atoms with Gasteiger partial charge in [-0.25, -0.2) is 4.98 Å². The van der Waals surface area contributed by atoms with Crippen LogP contribution in [0.3, 0.4) is 0 Å². The van der Waals surface area contributed by atoms with E-state index in [4.69, 9.17) is 0 Å². The maximum atomic E-state index is 13.1. The lowest BCUT2D eigenvalue weighted by molar-refractivity contribution is 0.0975. The number of hydrogen-bond donors (Lipinski definition) is 0. The van der Waals surface area contributed by atoms with Gasteiger partial charge in [0.1, 0.15) is 5.69 Å². The van der Waals surface area contributed by atoms with Gasteiger partial charge in [-0.15, -0.1) is 0 Å². The van der Waals surface area contributed by atoms with E-state index in [9.17, 15) is 4.79 Å². The highest BCUT2D eigenvalue weighted by atomic mass is 79.9. The van der Waals surface area contributed by atoms with Crippen molar-refractivity contribution in [1.29, 1.82) is 0 Å². The molecule has 0 fully saturated rings. The lowest BCUT2D eigenvalue weighted by atomic mass is 10.3. The fourth-order valence-electron chi connectivity index (χ4n) is 2.49. The Kier molecular flexibility index (Phi) is 5.51. The van der Waals surface area contributed by atoms with Gasteiger partial charge in [-0.2, -0.15) is 5.10 Å². The fourth-order valence-corrected chi connectivity index (χ4v) is 4.03. The average molecular weight is 422 g/mol. The average Bonchev–Trinajstić information content (AvgIpc) is 3.20. The minimum absolute atomic E-state index is 0.0701. The first kappa shape index (κ1) is 18.0. The van der Waals surface area contributed by atoms with E-state index in [1.165, 1.54) is 11.3 Å². The lowest BCUT2D eigenvalue weighted by Gasteiger charge is -2.22. The number of carbonyl (C=O) groups is 1. The standard InChI is InChI=1S/C17H20BrN5OS/c1-4-23-14(7-8-19-23)16(24)22(10-9-21(2)3)17-20-13-6-5-12(18)11-15(13)25-17/h5-8,11H,4,9-10H2,1-3H3. The van der Waals surface area contributed by atoms with Crippen molar-refractivity contribution in [3.63, 3.8) is 0 Å². The number of nitrogens with zero attached hydrogens (tertiary/aromatic N) is 5. The maximum Gasteiger partial charge on any atom is 0.278 e. The third-order valence-electron chi connectivity index (χ3n) is 3.82. The molecule has 3 aromatic rings. The molecule has 0 aliphatic carbocycles. The molecule has 0 spiro atoms. The minimum Gasteiger partial charge on any atom is -0.308 e. The molecule has 1 aromatic carbocycles. The molecule has 8 heteroatoms. The number of thiazole rings is 1. The van der Waals surface area contributed by atoms with Crippen LogP contribution in [0.25, 0.3) is 10.2 Å². The highest BCUT2D eigenvalue weighted by Crippen LogP contribution is 2.31. The second-order valence-corrected chi connectivity index (χ2v) is 7.83. The molecule has 0 radical (unpaired) electrons. The highest BCUT2D eigenvalue weighted by molar-refractivity contribution is 9.10. The van der Waals surface area contributed by atoms with Crippen LogP contribution in [-0.4, -0.2) is 52.8 Å². The number of anilines is 1. The zero-order valence-corrected chi connectivity index (χ0v) is 16.8. The summed E-state index contributed by atoms with van der Waals surface area (Å²) in [5.41, 5.74) is 1.48. The predicted molar refractivity (Wildman–Crippen MR) is 105 cm³/mol. The Labute approximate surface area is 159 Å². The summed E-state index contributed by atoms with van der Waals surface area (Å²) >= 11 is 5.01. The highest BCUT2D eigenvalue weighted by Gasteiger charge is 2.24. The van der Waals surface area contributed by atoms with E-state index < -0.39 is 0 Å². The Morgan fingerprint density at radius 3 is 2.80 bits per heavy atom. The Balaban J connectivity index is 1.99. The molecule has 3 rings (SSSR count). The molecule has 0 aliphatic rings. The van der Waals surface area contributed by atoms with Gasteiger partial charge >= 0.3 is 0 Å². The molecule has 6 nitrogen and oxygen atoms in total. The van der Waals surface area contributed by atoms with E-state index in [1.807, 2.05) is 39.2 Å². The number of hydrogen-bond acceptors (Lipinski definition) is 5.